The number of phenols is 1. The van der Waals surface area contributed by atoms with Crippen LogP contribution in [0.5, 0.6) is 5.75 Å². The second-order valence-electron chi connectivity index (χ2n) is 13.4. The van der Waals surface area contributed by atoms with Gasteiger partial charge in [-0.1, -0.05) is 89.6 Å². The SMILES string of the molecule is Cc1ccc2c(c1)C(=O)C(c1ccc3cccc(NC(=O)CCc4cc(C(C)(C)C)c(O)c(C(C)(C)C)c4)c3n1)C2=O. The summed E-state index contributed by atoms with van der Waals surface area (Å²) in [5.41, 5.74) is 5.44. The summed E-state index contributed by atoms with van der Waals surface area (Å²) in [4.78, 5) is 44.3. The van der Waals surface area contributed by atoms with E-state index in [9.17, 15) is 19.5 Å². The Labute approximate surface area is 247 Å². The number of Topliss-reactive ketones (excluding diaryl/α,β-unsaturated/α-hetero) is 2. The van der Waals surface area contributed by atoms with E-state index in [1.807, 2.05) is 43.3 Å². The number of fused-ring (bicyclic) bond motifs is 2. The van der Waals surface area contributed by atoms with E-state index in [1.165, 1.54) is 0 Å². The zero-order valence-electron chi connectivity index (χ0n) is 25.4. The van der Waals surface area contributed by atoms with Crippen LogP contribution in [0.15, 0.2) is 60.7 Å². The van der Waals surface area contributed by atoms with Crippen LogP contribution in [0, 0.1) is 6.92 Å². The van der Waals surface area contributed by atoms with E-state index in [0.717, 1.165) is 27.6 Å². The molecule has 0 spiro atoms. The first-order chi connectivity index (χ1) is 19.6. The average Bonchev–Trinajstić information content (AvgIpc) is 3.15. The van der Waals surface area contributed by atoms with Gasteiger partial charge in [-0.05, 0) is 59.1 Å². The van der Waals surface area contributed by atoms with Crippen molar-refractivity contribution in [2.75, 3.05) is 5.32 Å². The van der Waals surface area contributed by atoms with Crippen LogP contribution < -0.4 is 5.32 Å². The van der Waals surface area contributed by atoms with Gasteiger partial charge in [-0.15, -0.1) is 0 Å². The molecule has 1 unspecified atom stereocenters. The van der Waals surface area contributed by atoms with E-state index in [0.29, 0.717) is 40.2 Å². The number of carbonyl (C=O) groups is 3. The first-order valence-electron chi connectivity index (χ1n) is 14.4. The van der Waals surface area contributed by atoms with Crippen LogP contribution in [-0.4, -0.2) is 27.6 Å². The average molecular weight is 563 g/mol. The fourth-order valence-electron chi connectivity index (χ4n) is 5.65. The highest BCUT2D eigenvalue weighted by atomic mass is 16.3. The van der Waals surface area contributed by atoms with Crippen LogP contribution >= 0.6 is 0 Å². The first kappa shape index (κ1) is 29.2. The molecule has 42 heavy (non-hydrogen) atoms. The zero-order chi connectivity index (χ0) is 30.6. The summed E-state index contributed by atoms with van der Waals surface area (Å²) in [5, 5.41) is 14.8. The Morgan fingerprint density at radius 3 is 2.14 bits per heavy atom. The fourth-order valence-corrected chi connectivity index (χ4v) is 5.65. The van der Waals surface area contributed by atoms with Gasteiger partial charge in [0.25, 0.3) is 0 Å². The second-order valence-corrected chi connectivity index (χ2v) is 13.4. The summed E-state index contributed by atoms with van der Waals surface area (Å²) in [6.45, 7) is 14.3. The molecule has 1 aromatic heterocycles. The van der Waals surface area contributed by atoms with E-state index in [1.54, 1.807) is 24.3 Å². The minimum atomic E-state index is -0.988. The number of carbonyl (C=O) groups excluding carboxylic acids is 3. The number of ketones is 2. The van der Waals surface area contributed by atoms with Crippen LogP contribution in [0.2, 0.25) is 0 Å². The molecule has 1 amide bonds. The number of hydrogen-bond acceptors (Lipinski definition) is 5. The summed E-state index contributed by atoms with van der Waals surface area (Å²) in [6, 6.07) is 18.4. The highest BCUT2D eigenvalue weighted by molar-refractivity contribution is 6.29. The fraction of sp³-hybridized carbons (Fsp3) is 0.333. The summed E-state index contributed by atoms with van der Waals surface area (Å²) in [7, 11) is 0. The van der Waals surface area contributed by atoms with E-state index < -0.39 is 5.92 Å². The van der Waals surface area contributed by atoms with E-state index in [2.05, 4.69) is 46.9 Å². The van der Waals surface area contributed by atoms with Crippen molar-refractivity contribution in [3.8, 4) is 5.75 Å². The van der Waals surface area contributed by atoms with Crippen LogP contribution in [0.3, 0.4) is 0 Å². The topological polar surface area (TPSA) is 96.4 Å². The van der Waals surface area contributed by atoms with Crippen molar-refractivity contribution in [1.82, 2.24) is 4.98 Å². The van der Waals surface area contributed by atoms with Gasteiger partial charge >= 0.3 is 0 Å². The van der Waals surface area contributed by atoms with Crippen LogP contribution in [0.1, 0.15) is 103 Å². The third kappa shape index (κ3) is 5.46. The standard InChI is InChI=1S/C36H38N2O4/c1-20-11-14-23-24(17-20)33(41)30(32(23)40)27-15-13-22-9-8-10-28(31(22)38-27)37-29(39)16-12-21-18-25(35(2,3)4)34(42)26(19-21)36(5,6)7/h8-11,13-15,17-19,30,42H,12,16H2,1-7H3,(H,37,39). The molecule has 0 fully saturated rings. The molecule has 1 aliphatic carbocycles. The Morgan fingerprint density at radius 1 is 0.857 bits per heavy atom. The minimum Gasteiger partial charge on any atom is -0.507 e. The highest BCUT2D eigenvalue weighted by Crippen LogP contribution is 2.40. The molecule has 2 N–H and O–H groups in total. The van der Waals surface area contributed by atoms with E-state index in [-0.39, 0.29) is 34.7 Å². The van der Waals surface area contributed by atoms with Crippen molar-refractivity contribution in [1.29, 1.82) is 0 Å². The molecule has 3 aromatic carbocycles. The van der Waals surface area contributed by atoms with Crippen LogP contribution in [0.25, 0.3) is 10.9 Å². The highest BCUT2D eigenvalue weighted by Gasteiger charge is 2.40. The van der Waals surface area contributed by atoms with Gasteiger partial charge in [0.1, 0.15) is 11.7 Å². The number of hydrogen-bond donors (Lipinski definition) is 2. The second kappa shape index (κ2) is 10.5. The number of benzene rings is 3. The quantitative estimate of drug-likeness (QED) is 0.245. The minimum absolute atomic E-state index is 0.173. The number of rotatable bonds is 5. The van der Waals surface area contributed by atoms with Gasteiger partial charge < -0.3 is 10.4 Å². The summed E-state index contributed by atoms with van der Waals surface area (Å²) in [6.07, 6.45) is 0.743. The molecular weight excluding hydrogens is 524 g/mol. The molecule has 0 radical (unpaired) electrons. The summed E-state index contributed by atoms with van der Waals surface area (Å²) < 4.78 is 0. The molecule has 0 bridgehead atoms. The van der Waals surface area contributed by atoms with Crippen molar-refractivity contribution < 1.29 is 19.5 Å². The lowest BCUT2D eigenvalue weighted by molar-refractivity contribution is -0.116. The molecule has 6 nitrogen and oxygen atoms in total. The molecule has 5 rings (SSSR count). The number of aryl methyl sites for hydroxylation is 2. The Balaban J connectivity index is 1.39. The third-order valence-corrected chi connectivity index (χ3v) is 7.97. The van der Waals surface area contributed by atoms with E-state index >= 15 is 0 Å². The Hall–Kier alpha value is -4.32. The van der Waals surface area contributed by atoms with Gasteiger partial charge in [-0.2, -0.15) is 0 Å². The number of para-hydroxylation sites is 1. The predicted octanol–water partition coefficient (Wildman–Crippen LogP) is 7.58. The first-order valence-corrected chi connectivity index (χ1v) is 14.4. The zero-order valence-corrected chi connectivity index (χ0v) is 25.4. The van der Waals surface area contributed by atoms with Gasteiger partial charge in [-0.3, -0.25) is 14.4 Å². The normalized spacial score (nSPS) is 15.3. The number of amides is 1. The maximum Gasteiger partial charge on any atom is 0.224 e. The van der Waals surface area contributed by atoms with Crippen LogP contribution in [0.4, 0.5) is 5.69 Å². The van der Waals surface area contributed by atoms with Gasteiger partial charge in [0, 0.05) is 22.9 Å². The number of nitrogens with one attached hydrogen (secondary N) is 1. The molecule has 4 aromatic rings. The molecule has 0 aliphatic heterocycles. The maximum absolute atomic E-state index is 13.2. The van der Waals surface area contributed by atoms with E-state index in [4.69, 9.17) is 4.98 Å². The van der Waals surface area contributed by atoms with Crippen molar-refractivity contribution >= 4 is 34.1 Å². The van der Waals surface area contributed by atoms with Crippen molar-refractivity contribution in [2.24, 2.45) is 0 Å². The Kier molecular flexibility index (Phi) is 7.30. The van der Waals surface area contributed by atoms with Gasteiger partial charge in [-0.25, -0.2) is 4.98 Å². The number of anilines is 1. The lowest BCUT2D eigenvalue weighted by Crippen LogP contribution is -2.18. The number of pyridine rings is 1. The van der Waals surface area contributed by atoms with Crippen molar-refractivity contribution in [3.63, 3.8) is 0 Å². The van der Waals surface area contributed by atoms with Crippen LogP contribution in [-0.2, 0) is 22.0 Å². The third-order valence-electron chi connectivity index (χ3n) is 7.97. The molecule has 216 valence electrons. The molecular formula is C36H38N2O4. The number of phenolic OH excluding ortho intramolecular Hbond substituents is 1. The molecule has 1 heterocycles. The lowest BCUT2D eigenvalue weighted by atomic mass is 9.78. The Bertz CT molecular complexity index is 1720. The lowest BCUT2D eigenvalue weighted by Gasteiger charge is -2.28. The number of aromatic hydroxyl groups is 1. The molecule has 0 saturated heterocycles. The summed E-state index contributed by atoms with van der Waals surface area (Å²) in [5.74, 6) is -1.34. The maximum atomic E-state index is 13.2. The van der Waals surface area contributed by atoms with Gasteiger partial charge in [0.15, 0.2) is 11.6 Å². The van der Waals surface area contributed by atoms with Crippen molar-refractivity contribution in [3.05, 3.63) is 99.7 Å². The predicted molar refractivity (Wildman–Crippen MR) is 167 cm³/mol. The molecule has 0 saturated carbocycles. The number of nitrogens with zero attached hydrogens (tertiary/aromatic N) is 1. The monoisotopic (exact) mass is 562 g/mol. The van der Waals surface area contributed by atoms with Gasteiger partial charge in [0.2, 0.25) is 5.91 Å². The Morgan fingerprint density at radius 2 is 1.50 bits per heavy atom. The molecule has 6 heteroatoms. The summed E-state index contributed by atoms with van der Waals surface area (Å²) >= 11 is 0. The van der Waals surface area contributed by atoms with Gasteiger partial charge in [0.05, 0.1) is 16.9 Å². The largest absolute Gasteiger partial charge is 0.507 e. The number of aromatic nitrogens is 1. The molecule has 1 aliphatic rings. The smallest absolute Gasteiger partial charge is 0.224 e. The molecule has 1 atom stereocenters. The van der Waals surface area contributed by atoms with Crippen molar-refractivity contribution in [2.45, 2.75) is 78.1 Å².